The molecule has 1 heterocycles. The number of nitrogens with zero attached hydrogens (tertiary/aromatic N) is 1. The van der Waals surface area contributed by atoms with Crippen molar-refractivity contribution in [3.8, 4) is 0 Å². The molecule has 1 saturated heterocycles. The van der Waals surface area contributed by atoms with Crippen LogP contribution in [0.5, 0.6) is 0 Å². The topological polar surface area (TPSA) is 29.5 Å². The van der Waals surface area contributed by atoms with Gasteiger partial charge in [0.25, 0.3) is 5.91 Å². The van der Waals surface area contributed by atoms with Gasteiger partial charge in [0.05, 0.1) is 5.56 Å². The molecule has 0 saturated carbocycles. The Bertz CT molecular complexity index is 461. The lowest BCUT2D eigenvalue weighted by atomic mass is 9.99. The Morgan fingerprint density at radius 1 is 1.47 bits per heavy atom. The van der Waals surface area contributed by atoms with Gasteiger partial charge < -0.3 is 9.64 Å². The number of benzene rings is 1. The Morgan fingerprint density at radius 3 is 2.79 bits per heavy atom. The third kappa shape index (κ3) is 3.76. The molecule has 2 rings (SSSR count). The van der Waals surface area contributed by atoms with Gasteiger partial charge in [0.2, 0.25) is 0 Å². The average molecular weight is 330 g/mol. The van der Waals surface area contributed by atoms with Crippen molar-refractivity contribution in [2.24, 2.45) is 5.92 Å². The van der Waals surface area contributed by atoms with E-state index >= 15 is 0 Å². The molecule has 1 fully saturated rings. The monoisotopic (exact) mass is 329 g/mol. The molecule has 1 aromatic rings. The van der Waals surface area contributed by atoms with Gasteiger partial charge in [-0.2, -0.15) is 0 Å². The summed E-state index contributed by atoms with van der Waals surface area (Å²) in [4.78, 5) is 13.8. The van der Waals surface area contributed by atoms with Crippen LogP contribution >= 0.6 is 15.9 Å². The second-order valence-corrected chi connectivity index (χ2v) is 5.78. The summed E-state index contributed by atoms with van der Waals surface area (Å²) in [6.45, 7) is 2.15. The molecule has 1 amide bonds. The number of hydrogen-bond donors (Lipinski definition) is 0. The highest BCUT2D eigenvalue weighted by Gasteiger charge is 2.21. The van der Waals surface area contributed by atoms with Crippen molar-refractivity contribution >= 4 is 21.8 Å². The molecule has 0 aliphatic carbocycles. The van der Waals surface area contributed by atoms with Crippen LogP contribution in [0.1, 0.15) is 23.2 Å². The van der Waals surface area contributed by atoms with Crippen LogP contribution in [0.2, 0.25) is 0 Å². The first-order chi connectivity index (χ1) is 9.08. The van der Waals surface area contributed by atoms with E-state index in [-0.39, 0.29) is 11.5 Å². The van der Waals surface area contributed by atoms with Gasteiger partial charge in [-0.25, -0.2) is 4.39 Å². The minimum absolute atomic E-state index is 0.123. The smallest absolute Gasteiger partial charge is 0.256 e. The third-order valence-electron chi connectivity index (χ3n) is 3.38. The summed E-state index contributed by atoms with van der Waals surface area (Å²) in [5.74, 6) is -0.309. The predicted octanol–water partition coefficient (Wildman–Crippen LogP) is 3.09. The number of halogens is 2. The van der Waals surface area contributed by atoms with Gasteiger partial charge in [0.15, 0.2) is 0 Å². The highest BCUT2D eigenvalue weighted by molar-refractivity contribution is 9.10. The first-order valence-corrected chi connectivity index (χ1v) is 7.15. The van der Waals surface area contributed by atoms with Gasteiger partial charge in [-0.1, -0.05) is 15.9 Å². The van der Waals surface area contributed by atoms with Crippen LogP contribution in [0.25, 0.3) is 0 Å². The number of carbonyl (C=O) groups is 1. The molecular formula is C14H17BrFNO2. The standard InChI is InChI=1S/C14H17BrFNO2/c1-17(9-10-4-6-19-7-5-10)14(18)12-3-2-11(15)8-13(12)16/h2-3,8,10H,4-7,9H2,1H3. The lowest BCUT2D eigenvalue weighted by molar-refractivity contribution is 0.0495. The van der Waals surface area contributed by atoms with Crippen LogP contribution < -0.4 is 0 Å². The maximum absolute atomic E-state index is 13.7. The molecule has 3 nitrogen and oxygen atoms in total. The number of amides is 1. The summed E-state index contributed by atoms with van der Waals surface area (Å²) in [5.41, 5.74) is 0.123. The minimum Gasteiger partial charge on any atom is -0.381 e. The minimum atomic E-state index is -0.488. The SMILES string of the molecule is CN(CC1CCOCC1)C(=O)c1ccc(Br)cc1F. The van der Waals surface area contributed by atoms with Gasteiger partial charge in [-0.05, 0) is 37.0 Å². The van der Waals surface area contributed by atoms with E-state index in [1.807, 2.05) is 0 Å². The fourth-order valence-corrected chi connectivity index (χ4v) is 2.60. The molecule has 0 radical (unpaired) electrons. The number of rotatable bonds is 3. The van der Waals surface area contributed by atoms with Gasteiger partial charge in [0, 0.05) is 31.3 Å². The van der Waals surface area contributed by atoms with E-state index in [9.17, 15) is 9.18 Å². The van der Waals surface area contributed by atoms with Crippen LogP contribution in [-0.2, 0) is 4.74 Å². The van der Waals surface area contributed by atoms with Gasteiger partial charge in [0.1, 0.15) is 5.82 Å². The van der Waals surface area contributed by atoms with Crippen molar-refractivity contribution in [3.63, 3.8) is 0 Å². The Hall–Kier alpha value is -0.940. The zero-order chi connectivity index (χ0) is 13.8. The molecule has 0 N–H and O–H groups in total. The van der Waals surface area contributed by atoms with Crippen molar-refractivity contribution in [1.82, 2.24) is 4.90 Å². The second-order valence-electron chi connectivity index (χ2n) is 4.87. The van der Waals surface area contributed by atoms with E-state index in [0.717, 1.165) is 26.1 Å². The van der Waals surface area contributed by atoms with Crippen molar-refractivity contribution in [3.05, 3.63) is 34.1 Å². The van der Waals surface area contributed by atoms with Crippen LogP contribution in [0.3, 0.4) is 0 Å². The van der Waals surface area contributed by atoms with Gasteiger partial charge in [-0.3, -0.25) is 4.79 Å². The normalized spacial score (nSPS) is 16.4. The predicted molar refractivity (Wildman–Crippen MR) is 74.6 cm³/mol. The van der Waals surface area contributed by atoms with E-state index in [1.54, 1.807) is 18.0 Å². The van der Waals surface area contributed by atoms with Crippen LogP contribution in [0, 0.1) is 11.7 Å². The largest absolute Gasteiger partial charge is 0.381 e. The molecule has 0 unspecified atom stereocenters. The van der Waals surface area contributed by atoms with Crippen molar-refractivity contribution in [2.75, 3.05) is 26.8 Å². The highest BCUT2D eigenvalue weighted by Crippen LogP contribution is 2.19. The Kier molecular flexibility index (Phi) is 4.93. The van der Waals surface area contributed by atoms with E-state index < -0.39 is 5.82 Å². The van der Waals surface area contributed by atoms with Crippen LogP contribution in [0.4, 0.5) is 4.39 Å². The maximum Gasteiger partial charge on any atom is 0.256 e. The molecule has 1 aliphatic heterocycles. The molecule has 19 heavy (non-hydrogen) atoms. The quantitative estimate of drug-likeness (QED) is 0.852. The fraction of sp³-hybridized carbons (Fsp3) is 0.500. The number of ether oxygens (including phenoxy) is 1. The summed E-state index contributed by atoms with van der Waals surface area (Å²) >= 11 is 3.18. The fourth-order valence-electron chi connectivity index (χ4n) is 2.27. The lowest BCUT2D eigenvalue weighted by Crippen LogP contribution is -2.34. The molecule has 0 bridgehead atoms. The maximum atomic E-state index is 13.7. The Labute approximate surface area is 120 Å². The molecule has 5 heteroatoms. The summed E-state index contributed by atoms with van der Waals surface area (Å²) in [7, 11) is 1.72. The summed E-state index contributed by atoms with van der Waals surface area (Å²) in [5, 5.41) is 0. The molecule has 0 atom stereocenters. The molecule has 0 aromatic heterocycles. The summed E-state index contributed by atoms with van der Waals surface area (Å²) in [6, 6.07) is 4.51. The van der Waals surface area contributed by atoms with Crippen molar-refractivity contribution in [1.29, 1.82) is 0 Å². The van der Waals surface area contributed by atoms with E-state index in [0.29, 0.717) is 16.9 Å². The molecular weight excluding hydrogens is 313 g/mol. The third-order valence-corrected chi connectivity index (χ3v) is 3.87. The number of carbonyl (C=O) groups excluding carboxylic acids is 1. The lowest BCUT2D eigenvalue weighted by Gasteiger charge is -2.27. The van der Waals surface area contributed by atoms with E-state index in [4.69, 9.17) is 4.74 Å². The summed E-state index contributed by atoms with van der Waals surface area (Å²) < 4.78 is 19.7. The number of hydrogen-bond acceptors (Lipinski definition) is 2. The Balaban J connectivity index is 2.01. The van der Waals surface area contributed by atoms with Crippen molar-refractivity contribution in [2.45, 2.75) is 12.8 Å². The summed E-state index contributed by atoms with van der Waals surface area (Å²) in [6.07, 6.45) is 1.92. The van der Waals surface area contributed by atoms with Gasteiger partial charge >= 0.3 is 0 Å². The van der Waals surface area contributed by atoms with Crippen molar-refractivity contribution < 1.29 is 13.9 Å². The van der Waals surface area contributed by atoms with Gasteiger partial charge in [-0.15, -0.1) is 0 Å². The molecule has 1 aliphatic rings. The van der Waals surface area contributed by atoms with E-state index in [1.165, 1.54) is 12.1 Å². The average Bonchev–Trinajstić information content (AvgIpc) is 2.39. The zero-order valence-corrected chi connectivity index (χ0v) is 12.5. The first kappa shape index (κ1) is 14.5. The zero-order valence-electron chi connectivity index (χ0n) is 10.9. The Morgan fingerprint density at radius 2 is 2.16 bits per heavy atom. The molecule has 104 valence electrons. The second kappa shape index (κ2) is 6.48. The van der Waals surface area contributed by atoms with Crippen LogP contribution in [0.15, 0.2) is 22.7 Å². The van der Waals surface area contributed by atoms with Crippen LogP contribution in [-0.4, -0.2) is 37.6 Å². The van der Waals surface area contributed by atoms with E-state index in [2.05, 4.69) is 15.9 Å². The highest BCUT2D eigenvalue weighted by atomic mass is 79.9. The molecule has 1 aromatic carbocycles. The first-order valence-electron chi connectivity index (χ1n) is 6.36. The molecule has 0 spiro atoms.